The zero-order valence-corrected chi connectivity index (χ0v) is 20.2. The van der Waals surface area contributed by atoms with Gasteiger partial charge in [-0.2, -0.15) is 10.2 Å². The first kappa shape index (κ1) is 21.9. The number of pyridine rings is 2. The van der Waals surface area contributed by atoms with Crippen LogP contribution in [0.4, 0.5) is 5.69 Å². The number of amides is 1. The topological polar surface area (TPSA) is 147 Å². The number of thiazole rings is 1. The zero-order valence-electron chi connectivity index (χ0n) is 18.6. The smallest absolute Gasteiger partial charge is 0.261 e. The molecule has 35 heavy (non-hydrogen) atoms. The molecule has 5 aromatic heterocycles. The van der Waals surface area contributed by atoms with E-state index in [1.54, 1.807) is 26.4 Å². The predicted octanol–water partition coefficient (Wildman–Crippen LogP) is 0.855. The standard InChI is InChI=1S/C21H20N8O4S2/c1-27-9-12(7-23-27)15-10-29-21(34-15)17-19(26-29)18-14(25-20(17)31)6-13(8-22-18)24-16(30)11-28-2-4-35(32,33)5-3-28/h6-10H,2-5,11H2,1H3,(H,24,30)(H,25,31). The molecule has 0 aliphatic carbocycles. The minimum atomic E-state index is -3.01. The SMILES string of the molecule is Cn1cc(-c2cn3nc4c5ncc(NC(=O)CN6CCS(=O)(=O)CC6)cc5[nH]c(=O)c4c3s2)cn1. The summed E-state index contributed by atoms with van der Waals surface area (Å²) in [6, 6.07) is 1.65. The number of sulfone groups is 1. The predicted molar refractivity (Wildman–Crippen MR) is 132 cm³/mol. The van der Waals surface area contributed by atoms with Crippen molar-refractivity contribution < 1.29 is 13.2 Å². The lowest BCUT2D eigenvalue weighted by molar-refractivity contribution is -0.117. The summed E-state index contributed by atoms with van der Waals surface area (Å²) in [4.78, 5) is 36.2. The molecule has 5 aromatic rings. The van der Waals surface area contributed by atoms with E-state index in [-0.39, 0.29) is 29.5 Å². The number of hydrogen-bond donors (Lipinski definition) is 2. The van der Waals surface area contributed by atoms with Gasteiger partial charge in [0.25, 0.3) is 5.56 Å². The van der Waals surface area contributed by atoms with Crippen molar-refractivity contribution in [2.75, 3.05) is 36.5 Å². The Kier molecular flexibility index (Phi) is 4.98. The molecule has 6 rings (SSSR count). The number of nitrogens with one attached hydrogen (secondary N) is 2. The number of H-pyrrole nitrogens is 1. The highest BCUT2D eigenvalue weighted by Crippen LogP contribution is 2.33. The molecule has 6 heterocycles. The third-order valence-corrected chi connectivity index (χ3v) is 8.73. The number of aromatic amines is 1. The number of fused-ring (bicyclic) bond motifs is 5. The summed E-state index contributed by atoms with van der Waals surface area (Å²) in [5.74, 6) is -0.166. The van der Waals surface area contributed by atoms with Crippen LogP contribution in [0.2, 0.25) is 0 Å². The minimum absolute atomic E-state index is 0.0564. The van der Waals surface area contributed by atoms with E-state index >= 15 is 0 Å². The first-order valence-electron chi connectivity index (χ1n) is 10.8. The number of aromatic nitrogens is 6. The number of nitrogens with zero attached hydrogens (tertiary/aromatic N) is 6. The van der Waals surface area contributed by atoms with Gasteiger partial charge in [0.2, 0.25) is 5.91 Å². The molecule has 14 heteroatoms. The van der Waals surface area contributed by atoms with E-state index in [0.717, 1.165) is 10.4 Å². The van der Waals surface area contributed by atoms with Crippen LogP contribution in [-0.2, 0) is 21.7 Å². The lowest BCUT2D eigenvalue weighted by Gasteiger charge is -2.25. The molecule has 0 saturated carbocycles. The summed E-state index contributed by atoms with van der Waals surface area (Å²) in [5, 5.41) is 12.0. The molecule has 2 N–H and O–H groups in total. The highest BCUT2D eigenvalue weighted by Gasteiger charge is 2.23. The van der Waals surface area contributed by atoms with E-state index in [1.807, 2.05) is 19.4 Å². The van der Waals surface area contributed by atoms with Gasteiger partial charge in [0, 0.05) is 38.1 Å². The van der Waals surface area contributed by atoms with Crippen molar-refractivity contribution in [1.82, 2.24) is 34.3 Å². The first-order chi connectivity index (χ1) is 16.8. The van der Waals surface area contributed by atoms with E-state index in [9.17, 15) is 18.0 Å². The van der Waals surface area contributed by atoms with Gasteiger partial charge in [-0.25, -0.2) is 12.9 Å². The van der Waals surface area contributed by atoms with E-state index < -0.39 is 9.84 Å². The molecule has 0 radical (unpaired) electrons. The van der Waals surface area contributed by atoms with Crippen molar-refractivity contribution in [3.05, 3.63) is 41.2 Å². The van der Waals surface area contributed by atoms with Crippen LogP contribution < -0.4 is 10.9 Å². The Morgan fingerprint density at radius 1 is 1.20 bits per heavy atom. The summed E-state index contributed by atoms with van der Waals surface area (Å²) in [6.45, 7) is 0.744. The number of hydrogen-bond acceptors (Lipinski definition) is 9. The van der Waals surface area contributed by atoms with Crippen LogP contribution >= 0.6 is 11.3 Å². The van der Waals surface area contributed by atoms with Gasteiger partial charge in [-0.3, -0.25) is 24.2 Å². The second kappa shape index (κ2) is 7.96. The van der Waals surface area contributed by atoms with Crippen molar-refractivity contribution in [1.29, 1.82) is 0 Å². The lowest BCUT2D eigenvalue weighted by atomic mass is 10.2. The van der Waals surface area contributed by atoms with Crippen LogP contribution in [-0.4, -0.2) is 79.7 Å². The van der Waals surface area contributed by atoms with Gasteiger partial charge in [-0.15, -0.1) is 11.3 Å². The number of anilines is 1. The molecule has 1 aliphatic rings. The van der Waals surface area contributed by atoms with Crippen LogP contribution in [0, 0.1) is 0 Å². The second-order valence-corrected chi connectivity index (χ2v) is 11.9. The molecular weight excluding hydrogens is 492 g/mol. The van der Waals surface area contributed by atoms with Crippen LogP contribution in [0.3, 0.4) is 0 Å². The Morgan fingerprint density at radius 3 is 2.74 bits per heavy atom. The second-order valence-electron chi connectivity index (χ2n) is 8.52. The van der Waals surface area contributed by atoms with E-state index in [0.29, 0.717) is 45.5 Å². The van der Waals surface area contributed by atoms with Gasteiger partial charge in [0.1, 0.15) is 21.3 Å². The Labute approximate surface area is 202 Å². The highest BCUT2D eigenvalue weighted by molar-refractivity contribution is 7.91. The lowest BCUT2D eigenvalue weighted by Crippen LogP contribution is -2.43. The Morgan fingerprint density at radius 2 is 2.00 bits per heavy atom. The number of aryl methyl sites for hydroxylation is 1. The Hall–Kier alpha value is -3.62. The summed E-state index contributed by atoms with van der Waals surface area (Å²) in [7, 11) is -1.16. The Balaban J connectivity index is 1.29. The largest absolute Gasteiger partial charge is 0.324 e. The molecule has 1 amide bonds. The molecule has 1 fully saturated rings. The Bertz CT molecular complexity index is 1780. The van der Waals surface area contributed by atoms with Crippen LogP contribution in [0.25, 0.3) is 37.2 Å². The van der Waals surface area contributed by atoms with Crippen LogP contribution in [0.5, 0.6) is 0 Å². The van der Waals surface area contributed by atoms with Crippen molar-refractivity contribution in [2.45, 2.75) is 0 Å². The van der Waals surface area contributed by atoms with Crippen molar-refractivity contribution in [2.24, 2.45) is 7.05 Å². The van der Waals surface area contributed by atoms with Gasteiger partial charge in [-0.1, -0.05) is 0 Å². The fourth-order valence-electron chi connectivity index (χ4n) is 4.21. The maximum atomic E-state index is 13.0. The maximum absolute atomic E-state index is 13.0. The summed E-state index contributed by atoms with van der Waals surface area (Å²) < 4.78 is 26.5. The van der Waals surface area contributed by atoms with Crippen LogP contribution in [0.1, 0.15) is 0 Å². The van der Waals surface area contributed by atoms with E-state index in [1.165, 1.54) is 17.5 Å². The molecule has 180 valence electrons. The van der Waals surface area contributed by atoms with Gasteiger partial charge in [0.15, 0.2) is 9.84 Å². The molecular formula is C21H20N8O4S2. The third kappa shape index (κ3) is 3.98. The molecule has 12 nitrogen and oxygen atoms in total. The first-order valence-corrected chi connectivity index (χ1v) is 13.5. The molecule has 0 spiro atoms. The average molecular weight is 513 g/mol. The maximum Gasteiger partial charge on any atom is 0.261 e. The summed E-state index contributed by atoms with van der Waals surface area (Å²) in [5.41, 5.74) is 2.56. The average Bonchev–Trinajstić information content (AvgIpc) is 3.49. The molecule has 0 atom stereocenters. The highest BCUT2D eigenvalue weighted by atomic mass is 32.2. The van der Waals surface area contributed by atoms with Crippen molar-refractivity contribution in [3.8, 4) is 10.4 Å². The van der Waals surface area contributed by atoms with Crippen LogP contribution in [0.15, 0.2) is 35.6 Å². The fraction of sp³-hybridized carbons (Fsp3) is 0.286. The zero-order chi connectivity index (χ0) is 24.3. The molecule has 0 bridgehead atoms. The van der Waals surface area contributed by atoms with E-state index in [4.69, 9.17) is 0 Å². The van der Waals surface area contributed by atoms with Crippen molar-refractivity contribution >= 4 is 59.5 Å². The third-order valence-electron chi connectivity index (χ3n) is 5.98. The summed E-state index contributed by atoms with van der Waals surface area (Å²) >= 11 is 1.45. The number of carbonyl (C=O) groups is 1. The number of rotatable bonds is 4. The molecule has 0 unspecified atom stereocenters. The van der Waals surface area contributed by atoms with Gasteiger partial charge >= 0.3 is 0 Å². The molecule has 0 aromatic carbocycles. The summed E-state index contributed by atoms with van der Waals surface area (Å²) in [6.07, 6.45) is 7.05. The van der Waals surface area contributed by atoms with E-state index in [2.05, 4.69) is 25.5 Å². The van der Waals surface area contributed by atoms with Gasteiger partial charge in [-0.05, 0) is 6.07 Å². The molecule has 1 aliphatic heterocycles. The normalized spacial score (nSPS) is 16.4. The molecule has 1 saturated heterocycles. The van der Waals surface area contributed by atoms with Gasteiger partial charge < -0.3 is 10.3 Å². The quantitative estimate of drug-likeness (QED) is 0.360. The number of carbonyl (C=O) groups excluding carboxylic acids is 1. The fourth-order valence-corrected chi connectivity index (χ4v) is 6.55. The van der Waals surface area contributed by atoms with Gasteiger partial charge in [0.05, 0.1) is 46.5 Å². The monoisotopic (exact) mass is 512 g/mol. The van der Waals surface area contributed by atoms with Crippen molar-refractivity contribution in [3.63, 3.8) is 0 Å². The minimum Gasteiger partial charge on any atom is -0.324 e.